The first kappa shape index (κ1) is 31.2. The number of benzene rings is 1. The minimum Gasteiger partial charge on any atom is -0.444 e. The number of amides is 2. The largest absolute Gasteiger partial charge is 0.444 e. The highest BCUT2D eigenvalue weighted by molar-refractivity contribution is 5.85. The molecule has 1 heterocycles. The molecule has 2 aromatic rings. The summed E-state index contributed by atoms with van der Waals surface area (Å²) in [5, 5.41) is 11.1. The third kappa shape index (κ3) is 9.69. The van der Waals surface area contributed by atoms with Gasteiger partial charge in [0, 0.05) is 44.4 Å². The van der Waals surface area contributed by atoms with Crippen LogP contribution >= 0.6 is 0 Å². The Balaban J connectivity index is 1.56. The molecule has 0 aliphatic heterocycles. The summed E-state index contributed by atoms with van der Waals surface area (Å²) in [4.78, 5) is 35.1. The van der Waals surface area contributed by atoms with Gasteiger partial charge in [-0.05, 0) is 65.2 Å². The highest BCUT2D eigenvalue weighted by Gasteiger charge is 2.26. The van der Waals surface area contributed by atoms with E-state index < -0.39 is 17.7 Å². The molecule has 1 aromatic heterocycles. The van der Waals surface area contributed by atoms with Crippen LogP contribution in [-0.4, -0.2) is 65.2 Å². The van der Waals surface area contributed by atoms with E-state index in [-0.39, 0.29) is 5.91 Å². The van der Waals surface area contributed by atoms with Gasteiger partial charge >= 0.3 is 6.09 Å². The zero-order valence-corrected chi connectivity index (χ0v) is 24.9. The van der Waals surface area contributed by atoms with Crippen LogP contribution in [0, 0.1) is 11.8 Å². The molecule has 3 rings (SSSR count). The van der Waals surface area contributed by atoms with Crippen molar-refractivity contribution in [2.24, 2.45) is 5.84 Å². The number of hydrogen-bond acceptors (Lipinski definition) is 9. The summed E-state index contributed by atoms with van der Waals surface area (Å²) in [7, 11) is 3.33. The molecule has 1 aliphatic rings. The van der Waals surface area contributed by atoms with Crippen LogP contribution < -0.4 is 26.8 Å². The van der Waals surface area contributed by atoms with Gasteiger partial charge in [0.15, 0.2) is 0 Å². The number of hydrazine groups is 1. The van der Waals surface area contributed by atoms with Crippen LogP contribution in [0.15, 0.2) is 31.0 Å². The molecule has 0 saturated heterocycles. The number of anilines is 4. The summed E-state index contributed by atoms with van der Waals surface area (Å²) in [5.74, 6) is 13.1. The molecule has 220 valence electrons. The molecule has 2 amide bonds. The third-order valence-corrected chi connectivity index (χ3v) is 6.23. The van der Waals surface area contributed by atoms with Crippen molar-refractivity contribution in [3.63, 3.8) is 0 Å². The number of nitrogens with one attached hydrogen (secondary N) is 3. The number of carbonyl (C=O) groups excluding carboxylic acids is 2. The molecule has 1 aliphatic carbocycles. The second-order valence-corrected chi connectivity index (χ2v) is 11.1. The fourth-order valence-corrected chi connectivity index (χ4v) is 3.67. The average molecular weight is 563 g/mol. The first-order valence-corrected chi connectivity index (χ1v) is 13.8. The number of unbranched alkanes of at least 4 members (excludes halogenated alkanes) is 1. The van der Waals surface area contributed by atoms with Gasteiger partial charge < -0.3 is 25.7 Å². The number of likely N-dealkylation sites (N-methyl/N-ethyl adjacent to an activating group) is 1. The lowest BCUT2D eigenvalue weighted by molar-refractivity contribution is -0.125. The Kier molecular flexibility index (Phi) is 10.6. The van der Waals surface area contributed by atoms with Crippen LogP contribution in [0.5, 0.6) is 0 Å². The summed E-state index contributed by atoms with van der Waals surface area (Å²) in [5.41, 5.74) is 2.65. The molecule has 11 nitrogen and oxygen atoms in total. The third-order valence-electron chi connectivity index (χ3n) is 6.23. The zero-order chi connectivity index (χ0) is 30.2. The molecule has 1 saturated carbocycles. The van der Waals surface area contributed by atoms with Crippen molar-refractivity contribution in [1.82, 2.24) is 20.2 Å². The predicted octanol–water partition coefficient (Wildman–Crippen LogP) is 4.25. The second kappa shape index (κ2) is 13.9. The number of ether oxygens (including phenoxy) is 1. The number of rotatable bonds is 11. The molecule has 1 atom stereocenters. The maximum atomic E-state index is 12.5. The van der Waals surface area contributed by atoms with E-state index in [1.54, 1.807) is 59.1 Å². The molecular weight excluding hydrogens is 520 g/mol. The summed E-state index contributed by atoms with van der Waals surface area (Å²) < 4.78 is 5.33. The van der Waals surface area contributed by atoms with E-state index in [1.165, 1.54) is 4.90 Å². The second-order valence-electron chi connectivity index (χ2n) is 11.1. The monoisotopic (exact) mass is 562 g/mol. The van der Waals surface area contributed by atoms with Crippen LogP contribution in [0.25, 0.3) is 6.08 Å². The van der Waals surface area contributed by atoms with Gasteiger partial charge in [-0.2, -0.15) is 4.98 Å². The molecule has 11 heteroatoms. The van der Waals surface area contributed by atoms with Crippen LogP contribution in [0.3, 0.4) is 0 Å². The standard InChI is InChI=1S/C30H42N8O3/c1-8-21-18-24(15-16-25(21)38(7)31)35-28-33-19-22(26(36-28)34-23-13-14-23)12-10-9-11-17-32-27(39)20(2)37(6)29(40)41-30(3,4)5/h8,15-16,18-20,23H,1,9,11,13-14,17,31H2,2-7H3,(H,32,39)(H2,33,34,35,36)/t20-/m0/s1. The number of nitrogens with zero attached hydrogens (tertiary/aromatic N) is 4. The lowest BCUT2D eigenvalue weighted by Gasteiger charge is -2.28. The minimum atomic E-state index is -0.653. The van der Waals surface area contributed by atoms with Crippen molar-refractivity contribution in [2.75, 3.05) is 36.3 Å². The van der Waals surface area contributed by atoms with E-state index in [2.05, 4.69) is 44.3 Å². The van der Waals surface area contributed by atoms with Crippen LogP contribution in [0.4, 0.5) is 27.9 Å². The minimum absolute atomic E-state index is 0.247. The molecule has 0 unspecified atom stereocenters. The highest BCUT2D eigenvalue weighted by Crippen LogP contribution is 2.28. The molecule has 1 aromatic carbocycles. The van der Waals surface area contributed by atoms with E-state index in [0.29, 0.717) is 42.8 Å². The van der Waals surface area contributed by atoms with Gasteiger partial charge in [0.05, 0.1) is 17.4 Å². The van der Waals surface area contributed by atoms with Gasteiger partial charge in [-0.25, -0.2) is 15.6 Å². The van der Waals surface area contributed by atoms with Gasteiger partial charge in [0.1, 0.15) is 17.5 Å². The van der Waals surface area contributed by atoms with E-state index in [0.717, 1.165) is 29.8 Å². The van der Waals surface area contributed by atoms with Crippen LogP contribution in [0.2, 0.25) is 0 Å². The summed E-state index contributed by atoms with van der Waals surface area (Å²) in [6, 6.07) is 5.49. The number of hydrogen-bond donors (Lipinski definition) is 4. The smallest absolute Gasteiger partial charge is 0.410 e. The summed E-state index contributed by atoms with van der Waals surface area (Å²) in [6.07, 6.45) is 6.34. The molecule has 1 fully saturated rings. The van der Waals surface area contributed by atoms with Crippen LogP contribution in [-0.2, 0) is 9.53 Å². The van der Waals surface area contributed by atoms with Crippen molar-refractivity contribution in [3.05, 3.63) is 42.1 Å². The molecular formula is C30H42N8O3. The first-order chi connectivity index (χ1) is 19.4. The van der Waals surface area contributed by atoms with Gasteiger partial charge in [-0.1, -0.05) is 24.5 Å². The number of nitrogens with two attached hydrogens (primary N) is 1. The molecule has 0 radical (unpaired) electrons. The van der Waals surface area contributed by atoms with Crippen LogP contribution in [0.1, 0.15) is 64.5 Å². The van der Waals surface area contributed by atoms with Gasteiger partial charge in [-0.15, -0.1) is 0 Å². The average Bonchev–Trinajstić information content (AvgIpc) is 3.73. The quantitative estimate of drug-likeness (QED) is 0.137. The van der Waals surface area contributed by atoms with Crippen molar-refractivity contribution < 1.29 is 14.3 Å². The van der Waals surface area contributed by atoms with Crippen molar-refractivity contribution >= 4 is 41.2 Å². The topological polar surface area (TPSA) is 138 Å². The first-order valence-electron chi connectivity index (χ1n) is 13.8. The van der Waals surface area contributed by atoms with E-state index in [9.17, 15) is 9.59 Å². The maximum absolute atomic E-state index is 12.5. The molecule has 41 heavy (non-hydrogen) atoms. The predicted molar refractivity (Wildman–Crippen MR) is 164 cm³/mol. The highest BCUT2D eigenvalue weighted by atomic mass is 16.6. The van der Waals surface area contributed by atoms with Gasteiger partial charge in [0.25, 0.3) is 0 Å². The molecule has 0 bridgehead atoms. The fourth-order valence-electron chi connectivity index (χ4n) is 3.67. The lowest BCUT2D eigenvalue weighted by atomic mass is 10.1. The Morgan fingerprint density at radius 3 is 2.66 bits per heavy atom. The Morgan fingerprint density at radius 2 is 2.02 bits per heavy atom. The summed E-state index contributed by atoms with van der Waals surface area (Å²) in [6.45, 7) is 11.3. The Hall–Kier alpha value is -4.30. The van der Waals surface area contributed by atoms with Gasteiger partial charge in [-0.3, -0.25) is 9.69 Å². The zero-order valence-electron chi connectivity index (χ0n) is 24.9. The molecule has 5 N–H and O–H groups in total. The molecule has 0 spiro atoms. The van der Waals surface area contributed by atoms with Crippen molar-refractivity contribution in [2.45, 2.75) is 71.1 Å². The van der Waals surface area contributed by atoms with Crippen molar-refractivity contribution in [1.29, 1.82) is 0 Å². The Morgan fingerprint density at radius 1 is 1.29 bits per heavy atom. The maximum Gasteiger partial charge on any atom is 0.410 e. The number of carbonyl (C=O) groups is 2. The van der Waals surface area contributed by atoms with Crippen molar-refractivity contribution in [3.8, 4) is 11.8 Å². The normalized spacial score (nSPS) is 13.2. The number of aromatic nitrogens is 2. The van der Waals surface area contributed by atoms with E-state index in [4.69, 9.17) is 10.6 Å². The van der Waals surface area contributed by atoms with E-state index in [1.807, 2.05) is 18.2 Å². The van der Waals surface area contributed by atoms with E-state index >= 15 is 0 Å². The SMILES string of the molecule is C=Cc1cc(Nc2ncc(C#CCCCNC(=O)[C@H](C)N(C)C(=O)OC(C)(C)C)c(NC3CC3)n2)ccc1N(C)N. The fraction of sp³-hybridized carbons (Fsp3) is 0.467. The summed E-state index contributed by atoms with van der Waals surface area (Å²) >= 11 is 0. The lowest BCUT2D eigenvalue weighted by Crippen LogP contribution is -2.47. The Labute approximate surface area is 242 Å². The Bertz CT molecular complexity index is 1310. The van der Waals surface area contributed by atoms with Gasteiger partial charge in [0.2, 0.25) is 11.9 Å².